The number of amides is 1. The molecule has 3 heteroatoms. The molecule has 1 aromatic rings. The van der Waals surface area contributed by atoms with E-state index in [9.17, 15) is 4.79 Å². The molecule has 1 fully saturated rings. The van der Waals surface area contributed by atoms with Crippen LogP contribution in [0.25, 0.3) is 0 Å². The van der Waals surface area contributed by atoms with Crippen LogP contribution >= 0.6 is 0 Å². The summed E-state index contributed by atoms with van der Waals surface area (Å²) in [5.74, 6) is 1.59. The lowest BCUT2D eigenvalue weighted by Gasteiger charge is -2.32. The standard InChI is InChI=1S/C19H29NO2/c1-14-10-12-20(13-11-14)18(21)15(2)22-17-8-6-16(7-9-17)19(3,4)5/h6-9,14-15H,10-13H2,1-5H3. The zero-order valence-electron chi connectivity index (χ0n) is 14.6. The van der Waals surface area contributed by atoms with Gasteiger partial charge >= 0.3 is 0 Å². The summed E-state index contributed by atoms with van der Waals surface area (Å²) in [5, 5.41) is 0. The second-order valence-electron chi connectivity index (χ2n) is 7.54. The van der Waals surface area contributed by atoms with E-state index >= 15 is 0 Å². The third-order valence-corrected chi connectivity index (χ3v) is 4.48. The molecule has 1 unspecified atom stereocenters. The highest BCUT2D eigenvalue weighted by atomic mass is 16.5. The van der Waals surface area contributed by atoms with Gasteiger partial charge in [0, 0.05) is 13.1 Å². The third-order valence-electron chi connectivity index (χ3n) is 4.48. The Kier molecular flexibility index (Phi) is 5.15. The second-order valence-corrected chi connectivity index (χ2v) is 7.54. The molecular weight excluding hydrogens is 274 g/mol. The van der Waals surface area contributed by atoms with Crippen LogP contribution in [0.4, 0.5) is 0 Å². The number of carbonyl (C=O) groups excluding carboxylic acids is 1. The van der Waals surface area contributed by atoms with Crippen molar-refractivity contribution in [1.29, 1.82) is 0 Å². The molecule has 122 valence electrons. The number of hydrogen-bond donors (Lipinski definition) is 0. The van der Waals surface area contributed by atoms with Crippen molar-refractivity contribution in [2.24, 2.45) is 5.92 Å². The molecular formula is C19H29NO2. The summed E-state index contributed by atoms with van der Waals surface area (Å²) in [6.45, 7) is 12.4. The van der Waals surface area contributed by atoms with Crippen molar-refractivity contribution >= 4 is 5.91 Å². The lowest BCUT2D eigenvalue weighted by atomic mass is 9.87. The van der Waals surface area contributed by atoms with Crippen LogP contribution in [-0.4, -0.2) is 30.0 Å². The molecule has 3 nitrogen and oxygen atoms in total. The zero-order chi connectivity index (χ0) is 16.3. The molecule has 1 amide bonds. The summed E-state index contributed by atoms with van der Waals surface area (Å²) in [6, 6.07) is 8.08. The van der Waals surface area contributed by atoms with Crippen LogP contribution in [0.2, 0.25) is 0 Å². The van der Waals surface area contributed by atoms with E-state index in [-0.39, 0.29) is 11.3 Å². The van der Waals surface area contributed by atoms with Gasteiger partial charge in [-0.15, -0.1) is 0 Å². The minimum Gasteiger partial charge on any atom is -0.481 e. The van der Waals surface area contributed by atoms with E-state index < -0.39 is 6.10 Å². The summed E-state index contributed by atoms with van der Waals surface area (Å²) in [7, 11) is 0. The Hall–Kier alpha value is -1.51. The van der Waals surface area contributed by atoms with Crippen molar-refractivity contribution in [3.63, 3.8) is 0 Å². The molecule has 1 saturated heterocycles. The summed E-state index contributed by atoms with van der Waals surface area (Å²) in [5.41, 5.74) is 1.40. The number of carbonyl (C=O) groups is 1. The number of rotatable bonds is 3. The van der Waals surface area contributed by atoms with E-state index in [1.807, 2.05) is 24.0 Å². The van der Waals surface area contributed by atoms with Crippen molar-refractivity contribution in [2.45, 2.75) is 59.0 Å². The first-order chi connectivity index (χ1) is 10.3. The Balaban J connectivity index is 1.93. The number of piperidine rings is 1. The average molecular weight is 303 g/mol. The highest BCUT2D eigenvalue weighted by Crippen LogP contribution is 2.25. The van der Waals surface area contributed by atoms with E-state index in [4.69, 9.17) is 4.74 Å². The van der Waals surface area contributed by atoms with Crippen LogP contribution in [0.15, 0.2) is 24.3 Å². The van der Waals surface area contributed by atoms with Gasteiger partial charge < -0.3 is 9.64 Å². The van der Waals surface area contributed by atoms with Crippen LogP contribution in [0, 0.1) is 5.92 Å². The van der Waals surface area contributed by atoms with E-state index in [1.54, 1.807) is 0 Å². The number of ether oxygens (including phenoxy) is 1. The number of nitrogens with zero attached hydrogens (tertiary/aromatic N) is 1. The first-order valence-corrected chi connectivity index (χ1v) is 8.33. The van der Waals surface area contributed by atoms with Gasteiger partial charge in [-0.2, -0.15) is 0 Å². The number of benzene rings is 1. The average Bonchev–Trinajstić information content (AvgIpc) is 2.47. The Bertz CT molecular complexity index is 493. The topological polar surface area (TPSA) is 29.5 Å². The Morgan fingerprint density at radius 2 is 1.73 bits per heavy atom. The SMILES string of the molecule is CC1CCN(C(=O)C(C)Oc2ccc(C(C)(C)C)cc2)CC1. The summed E-state index contributed by atoms with van der Waals surface area (Å²) >= 11 is 0. The van der Waals surface area contributed by atoms with Gasteiger partial charge in [0.15, 0.2) is 6.10 Å². The van der Waals surface area contributed by atoms with E-state index in [0.29, 0.717) is 0 Å². The molecule has 1 heterocycles. The van der Waals surface area contributed by atoms with Gasteiger partial charge in [-0.05, 0) is 48.8 Å². The molecule has 0 spiro atoms. The fourth-order valence-electron chi connectivity index (χ4n) is 2.77. The highest BCUT2D eigenvalue weighted by molar-refractivity contribution is 5.81. The van der Waals surface area contributed by atoms with Crippen molar-refractivity contribution in [3.8, 4) is 5.75 Å². The van der Waals surface area contributed by atoms with E-state index in [2.05, 4.69) is 39.8 Å². The summed E-state index contributed by atoms with van der Waals surface area (Å²) < 4.78 is 5.83. The summed E-state index contributed by atoms with van der Waals surface area (Å²) in [4.78, 5) is 14.4. The van der Waals surface area contributed by atoms with Gasteiger partial charge in [0.1, 0.15) is 5.75 Å². The largest absolute Gasteiger partial charge is 0.481 e. The van der Waals surface area contributed by atoms with Crippen LogP contribution in [0.3, 0.4) is 0 Å². The zero-order valence-corrected chi connectivity index (χ0v) is 14.6. The lowest BCUT2D eigenvalue weighted by Crippen LogP contribution is -2.44. The Morgan fingerprint density at radius 3 is 2.23 bits per heavy atom. The van der Waals surface area contributed by atoms with Gasteiger partial charge in [-0.3, -0.25) is 4.79 Å². The molecule has 0 N–H and O–H groups in total. The molecule has 2 rings (SSSR count). The molecule has 0 aromatic heterocycles. The van der Waals surface area contributed by atoms with Crippen LogP contribution in [0.1, 0.15) is 53.0 Å². The fraction of sp³-hybridized carbons (Fsp3) is 0.632. The van der Waals surface area contributed by atoms with Gasteiger partial charge in [0.05, 0.1) is 0 Å². The van der Waals surface area contributed by atoms with Crippen molar-refractivity contribution in [2.75, 3.05) is 13.1 Å². The molecule has 0 saturated carbocycles. The smallest absolute Gasteiger partial charge is 0.263 e. The predicted octanol–water partition coefficient (Wildman–Crippen LogP) is 4.01. The van der Waals surface area contributed by atoms with Crippen LogP contribution < -0.4 is 4.74 Å². The summed E-state index contributed by atoms with van der Waals surface area (Å²) in [6.07, 6.45) is 1.77. The van der Waals surface area contributed by atoms with Crippen molar-refractivity contribution < 1.29 is 9.53 Å². The molecule has 0 bridgehead atoms. The van der Waals surface area contributed by atoms with Gasteiger partial charge in [-0.25, -0.2) is 0 Å². The first-order valence-electron chi connectivity index (χ1n) is 8.33. The van der Waals surface area contributed by atoms with Crippen molar-refractivity contribution in [1.82, 2.24) is 4.90 Å². The Morgan fingerprint density at radius 1 is 1.18 bits per heavy atom. The molecule has 22 heavy (non-hydrogen) atoms. The minimum absolute atomic E-state index is 0.104. The molecule has 1 atom stereocenters. The maximum Gasteiger partial charge on any atom is 0.263 e. The highest BCUT2D eigenvalue weighted by Gasteiger charge is 2.25. The molecule has 1 aliphatic heterocycles. The van der Waals surface area contributed by atoms with E-state index in [1.165, 1.54) is 5.56 Å². The predicted molar refractivity (Wildman–Crippen MR) is 90.2 cm³/mol. The van der Waals surface area contributed by atoms with Gasteiger partial charge in [-0.1, -0.05) is 39.8 Å². The fourth-order valence-corrected chi connectivity index (χ4v) is 2.77. The maximum atomic E-state index is 12.4. The van der Waals surface area contributed by atoms with Gasteiger partial charge in [0.2, 0.25) is 0 Å². The quantitative estimate of drug-likeness (QED) is 0.844. The third kappa shape index (κ3) is 4.25. The van der Waals surface area contributed by atoms with Gasteiger partial charge in [0.25, 0.3) is 5.91 Å². The molecule has 1 aliphatic rings. The molecule has 1 aromatic carbocycles. The maximum absolute atomic E-state index is 12.4. The molecule has 0 radical (unpaired) electrons. The lowest BCUT2D eigenvalue weighted by molar-refractivity contribution is -0.139. The van der Waals surface area contributed by atoms with Crippen LogP contribution in [0.5, 0.6) is 5.75 Å². The molecule has 0 aliphatic carbocycles. The van der Waals surface area contributed by atoms with Crippen molar-refractivity contribution in [3.05, 3.63) is 29.8 Å². The Labute approximate surface area is 134 Å². The van der Waals surface area contributed by atoms with E-state index in [0.717, 1.165) is 37.6 Å². The number of hydrogen-bond acceptors (Lipinski definition) is 2. The first kappa shape index (κ1) is 16.9. The normalized spacial score (nSPS) is 18.1. The van der Waals surface area contributed by atoms with Crippen LogP contribution in [-0.2, 0) is 10.2 Å². The monoisotopic (exact) mass is 303 g/mol. The minimum atomic E-state index is -0.422. The number of likely N-dealkylation sites (tertiary alicyclic amines) is 1. The second kappa shape index (κ2) is 6.72.